The number of hydrogen-bond acceptors (Lipinski definition) is 4. The molecule has 7 nitrogen and oxygen atoms in total. The third-order valence-electron chi connectivity index (χ3n) is 7.34. The highest BCUT2D eigenvalue weighted by Crippen LogP contribution is 2.32. The maximum absolute atomic E-state index is 13.3. The van der Waals surface area contributed by atoms with Crippen LogP contribution in [0.15, 0.2) is 140 Å². The largest absolute Gasteiger partial charge is 0.326 e. The minimum atomic E-state index is -0.548. The van der Waals surface area contributed by atoms with Crippen LogP contribution in [0.5, 0.6) is 0 Å². The molecule has 0 saturated carbocycles. The number of carbonyl (C=O) groups is 2. The number of carbonyl (C=O) groups excluding carboxylic acids is 2. The molecule has 0 fully saturated rings. The molecule has 0 atom stereocenters. The normalized spacial score (nSPS) is 10.8. The van der Waals surface area contributed by atoms with Gasteiger partial charge in [0.1, 0.15) is 5.69 Å². The van der Waals surface area contributed by atoms with Crippen molar-refractivity contribution in [3.8, 4) is 0 Å². The minimum absolute atomic E-state index is 0.0235. The first-order chi connectivity index (χ1) is 21.0. The fourth-order valence-electron chi connectivity index (χ4n) is 5.25. The summed E-state index contributed by atoms with van der Waals surface area (Å²) in [6.45, 7) is 0. The van der Waals surface area contributed by atoms with Crippen molar-refractivity contribution < 1.29 is 14.5 Å². The Balaban J connectivity index is 1.34. The highest BCUT2D eigenvalue weighted by atomic mass is 16.6. The Morgan fingerprint density at radius 3 is 1.30 bits per heavy atom. The van der Waals surface area contributed by atoms with Crippen molar-refractivity contribution in [1.29, 1.82) is 0 Å². The number of nitrogens with zero attached hydrogens (tertiary/aromatic N) is 1. The molecular weight excluding hydrogens is 538 g/mol. The summed E-state index contributed by atoms with van der Waals surface area (Å²) in [7, 11) is 0. The summed E-state index contributed by atoms with van der Waals surface area (Å²) < 4.78 is 0. The van der Waals surface area contributed by atoms with E-state index in [0.717, 1.165) is 22.3 Å². The standard InChI is InChI=1S/C36H31N3O4/c40-35(24-31(26-13-5-1-6-14-26)27-15-7-2-8-16-27)37-30-21-22-34(39(42)43)33(23-30)38-36(41)25-32(28-17-9-3-10-18-28)29-19-11-4-12-20-29/h1-23,31-32H,24-25H2,(H,37,40)(H,38,41). The van der Waals surface area contributed by atoms with E-state index in [0.29, 0.717) is 5.69 Å². The summed E-state index contributed by atoms with van der Waals surface area (Å²) in [5.41, 5.74) is 4.06. The molecule has 0 saturated heterocycles. The van der Waals surface area contributed by atoms with E-state index in [-0.39, 0.29) is 47.9 Å². The zero-order valence-electron chi connectivity index (χ0n) is 23.4. The van der Waals surface area contributed by atoms with Crippen LogP contribution < -0.4 is 10.6 Å². The molecule has 214 valence electrons. The van der Waals surface area contributed by atoms with Crippen LogP contribution in [0.2, 0.25) is 0 Å². The van der Waals surface area contributed by atoms with Crippen LogP contribution in [0, 0.1) is 10.1 Å². The monoisotopic (exact) mass is 569 g/mol. The second kappa shape index (κ2) is 13.9. The van der Waals surface area contributed by atoms with Gasteiger partial charge in [0.05, 0.1) is 4.92 Å². The number of hydrogen-bond donors (Lipinski definition) is 2. The van der Waals surface area contributed by atoms with Crippen LogP contribution in [0.4, 0.5) is 17.1 Å². The molecule has 2 amide bonds. The summed E-state index contributed by atoms with van der Waals surface area (Å²) >= 11 is 0. The van der Waals surface area contributed by atoms with Gasteiger partial charge < -0.3 is 10.6 Å². The van der Waals surface area contributed by atoms with Gasteiger partial charge in [-0.2, -0.15) is 0 Å². The van der Waals surface area contributed by atoms with E-state index < -0.39 is 4.92 Å². The Labute approximate surface area is 250 Å². The first-order valence-corrected chi connectivity index (χ1v) is 14.1. The fourth-order valence-corrected chi connectivity index (χ4v) is 5.25. The van der Waals surface area contributed by atoms with Crippen LogP contribution in [0.25, 0.3) is 0 Å². The predicted octanol–water partition coefficient (Wildman–Crippen LogP) is 7.92. The Hall–Kier alpha value is -5.56. The number of nitro benzene ring substituents is 1. The third kappa shape index (κ3) is 7.59. The molecule has 5 aromatic rings. The SMILES string of the molecule is O=C(CC(c1ccccc1)c1ccccc1)Nc1ccc([N+](=O)[O-])c(NC(=O)CC(c2ccccc2)c2ccccc2)c1. The van der Waals surface area contributed by atoms with Crippen molar-refractivity contribution in [2.45, 2.75) is 24.7 Å². The van der Waals surface area contributed by atoms with Crippen molar-refractivity contribution >= 4 is 28.9 Å². The zero-order chi connectivity index (χ0) is 30.0. The van der Waals surface area contributed by atoms with Crippen LogP contribution in [-0.4, -0.2) is 16.7 Å². The molecule has 5 rings (SSSR count). The van der Waals surface area contributed by atoms with Gasteiger partial charge in [0.15, 0.2) is 0 Å². The molecule has 0 unspecified atom stereocenters. The average Bonchev–Trinajstić information content (AvgIpc) is 3.04. The number of rotatable bonds is 11. The van der Waals surface area contributed by atoms with E-state index in [1.54, 1.807) is 0 Å². The molecule has 7 heteroatoms. The summed E-state index contributed by atoms with van der Waals surface area (Å²) in [6.07, 6.45) is 0.250. The van der Waals surface area contributed by atoms with Crippen LogP contribution in [-0.2, 0) is 9.59 Å². The molecule has 0 aliphatic rings. The number of anilines is 2. The molecule has 43 heavy (non-hydrogen) atoms. The van der Waals surface area contributed by atoms with Gasteiger partial charge in [-0.15, -0.1) is 0 Å². The topological polar surface area (TPSA) is 101 Å². The second-order valence-corrected chi connectivity index (χ2v) is 10.2. The molecule has 0 aliphatic carbocycles. The Kier molecular flexibility index (Phi) is 9.34. The molecule has 0 bridgehead atoms. The number of benzene rings is 5. The predicted molar refractivity (Wildman–Crippen MR) is 169 cm³/mol. The number of amides is 2. The van der Waals surface area contributed by atoms with E-state index >= 15 is 0 Å². The molecule has 5 aromatic carbocycles. The van der Waals surface area contributed by atoms with Crippen molar-refractivity contribution in [3.63, 3.8) is 0 Å². The number of nitrogens with one attached hydrogen (secondary N) is 2. The fraction of sp³-hybridized carbons (Fsp3) is 0.111. The molecule has 0 aromatic heterocycles. The van der Waals surface area contributed by atoms with Gasteiger partial charge in [0.2, 0.25) is 11.8 Å². The quantitative estimate of drug-likeness (QED) is 0.125. The summed E-state index contributed by atoms with van der Waals surface area (Å²) in [4.78, 5) is 37.8. The van der Waals surface area contributed by atoms with E-state index in [4.69, 9.17) is 0 Å². The van der Waals surface area contributed by atoms with Gasteiger partial charge >= 0.3 is 0 Å². The summed E-state index contributed by atoms with van der Waals surface area (Å²) in [5.74, 6) is -1.04. The third-order valence-corrected chi connectivity index (χ3v) is 7.34. The Morgan fingerprint density at radius 1 is 0.558 bits per heavy atom. The lowest BCUT2D eigenvalue weighted by molar-refractivity contribution is -0.383. The molecule has 0 heterocycles. The van der Waals surface area contributed by atoms with Gasteiger partial charge in [-0.05, 0) is 34.4 Å². The van der Waals surface area contributed by atoms with E-state index in [1.807, 2.05) is 121 Å². The molecule has 0 radical (unpaired) electrons. The molecular formula is C36H31N3O4. The van der Waals surface area contributed by atoms with Crippen LogP contribution in [0.1, 0.15) is 46.9 Å². The smallest absolute Gasteiger partial charge is 0.292 e. The lowest BCUT2D eigenvalue weighted by atomic mass is 9.88. The van der Waals surface area contributed by atoms with E-state index in [2.05, 4.69) is 10.6 Å². The molecule has 2 N–H and O–H groups in total. The van der Waals surface area contributed by atoms with E-state index in [9.17, 15) is 19.7 Å². The van der Waals surface area contributed by atoms with Crippen molar-refractivity contribution in [1.82, 2.24) is 0 Å². The Morgan fingerprint density at radius 2 is 0.930 bits per heavy atom. The summed E-state index contributed by atoms with van der Waals surface area (Å²) in [6, 6.07) is 43.1. The molecule has 0 spiro atoms. The highest BCUT2D eigenvalue weighted by molar-refractivity contribution is 5.97. The van der Waals surface area contributed by atoms with Gasteiger partial charge in [0, 0.05) is 36.4 Å². The maximum atomic E-state index is 13.3. The van der Waals surface area contributed by atoms with Crippen LogP contribution >= 0.6 is 0 Å². The first kappa shape index (κ1) is 29.0. The van der Waals surface area contributed by atoms with Gasteiger partial charge in [-0.25, -0.2) is 0 Å². The minimum Gasteiger partial charge on any atom is -0.326 e. The number of nitro groups is 1. The van der Waals surface area contributed by atoms with Gasteiger partial charge in [0.25, 0.3) is 5.69 Å². The van der Waals surface area contributed by atoms with Crippen LogP contribution in [0.3, 0.4) is 0 Å². The Bertz CT molecular complexity index is 1600. The van der Waals surface area contributed by atoms with Crippen molar-refractivity contribution in [2.24, 2.45) is 0 Å². The maximum Gasteiger partial charge on any atom is 0.292 e. The molecule has 0 aliphatic heterocycles. The first-order valence-electron chi connectivity index (χ1n) is 14.1. The van der Waals surface area contributed by atoms with Gasteiger partial charge in [-0.1, -0.05) is 121 Å². The lowest BCUT2D eigenvalue weighted by Crippen LogP contribution is -2.18. The van der Waals surface area contributed by atoms with Crippen molar-refractivity contribution in [3.05, 3.63) is 172 Å². The zero-order valence-corrected chi connectivity index (χ0v) is 23.4. The second-order valence-electron chi connectivity index (χ2n) is 10.2. The van der Waals surface area contributed by atoms with Gasteiger partial charge in [-0.3, -0.25) is 19.7 Å². The van der Waals surface area contributed by atoms with E-state index in [1.165, 1.54) is 18.2 Å². The highest BCUT2D eigenvalue weighted by Gasteiger charge is 2.23. The lowest BCUT2D eigenvalue weighted by Gasteiger charge is -2.19. The average molecular weight is 570 g/mol. The van der Waals surface area contributed by atoms with Crippen molar-refractivity contribution in [2.75, 3.05) is 10.6 Å². The summed E-state index contributed by atoms with van der Waals surface area (Å²) in [5, 5.41) is 17.4.